The van der Waals surface area contributed by atoms with Gasteiger partial charge in [-0.3, -0.25) is 4.79 Å². The number of carbonyl (C=O) groups is 1. The molecule has 0 atom stereocenters. The fraction of sp³-hybridized carbons (Fsp3) is 0.235. The maximum absolute atomic E-state index is 12.6. The molecular formula is C17H16N4O2. The van der Waals surface area contributed by atoms with Crippen LogP contribution in [0.5, 0.6) is 0 Å². The number of hydrogen-bond acceptors (Lipinski definition) is 5. The molecule has 6 heteroatoms. The Morgan fingerprint density at radius 1 is 1.26 bits per heavy atom. The standard InChI is InChI=1S/C17H16N4O2/c18-12-13-3-1-4-14(11-13)20-17(22)15-5-2-6-19-16(15)21-7-9-23-10-8-21/h1-6,11H,7-10H2,(H,20,22). The Kier molecular flexibility index (Phi) is 4.50. The molecule has 1 aliphatic heterocycles. The lowest BCUT2D eigenvalue weighted by molar-refractivity contribution is 0.102. The van der Waals surface area contributed by atoms with Gasteiger partial charge in [-0.2, -0.15) is 5.26 Å². The zero-order valence-corrected chi connectivity index (χ0v) is 12.5. The van der Waals surface area contributed by atoms with Gasteiger partial charge in [0.1, 0.15) is 5.82 Å². The summed E-state index contributed by atoms with van der Waals surface area (Å²) in [4.78, 5) is 19.0. The fourth-order valence-electron chi connectivity index (χ4n) is 2.47. The van der Waals surface area contributed by atoms with Crippen molar-refractivity contribution in [2.24, 2.45) is 0 Å². The van der Waals surface area contributed by atoms with E-state index in [2.05, 4.69) is 16.4 Å². The number of benzene rings is 1. The second-order valence-electron chi connectivity index (χ2n) is 5.12. The number of amides is 1. The summed E-state index contributed by atoms with van der Waals surface area (Å²) in [6, 6.07) is 12.4. The number of ether oxygens (including phenoxy) is 1. The lowest BCUT2D eigenvalue weighted by Crippen LogP contribution is -2.38. The van der Waals surface area contributed by atoms with Crippen LogP contribution in [0.1, 0.15) is 15.9 Å². The van der Waals surface area contributed by atoms with E-state index in [0.717, 1.165) is 0 Å². The van der Waals surface area contributed by atoms with E-state index < -0.39 is 0 Å². The molecular weight excluding hydrogens is 292 g/mol. The SMILES string of the molecule is N#Cc1cccc(NC(=O)c2cccnc2N2CCOCC2)c1. The predicted molar refractivity (Wildman–Crippen MR) is 86.4 cm³/mol. The van der Waals surface area contributed by atoms with Crippen molar-refractivity contribution in [1.29, 1.82) is 5.26 Å². The monoisotopic (exact) mass is 308 g/mol. The van der Waals surface area contributed by atoms with Gasteiger partial charge in [-0.25, -0.2) is 4.98 Å². The Balaban J connectivity index is 1.83. The maximum Gasteiger partial charge on any atom is 0.259 e. The van der Waals surface area contributed by atoms with Crippen LogP contribution in [0.4, 0.5) is 11.5 Å². The van der Waals surface area contributed by atoms with Crippen LogP contribution in [0.3, 0.4) is 0 Å². The van der Waals surface area contributed by atoms with E-state index in [4.69, 9.17) is 10.00 Å². The van der Waals surface area contributed by atoms with Crippen LogP contribution in [0, 0.1) is 11.3 Å². The number of nitrogens with one attached hydrogen (secondary N) is 1. The van der Waals surface area contributed by atoms with Crippen molar-refractivity contribution in [3.05, 3.63) is 53.7 Å². The Labute approximate surface area is 134 Å². The lowest BCUT2D eigenvalue weighted by Gasteiger charge is -2.29. The summed E-state index contributed by atoms with van der Waals surface area (Å²) in [5.41, 5.74) is 1.60. The van der Waals surface area contributed by atoms with Crippen LogP contribution in [-0.4, -0.2) is 37.2 Å². The predicted octanol–water partition coefficient (Wildman–Crippen LogP) is 2.04. The minimum Gasteiger partial charge on any atom is -0.378 e. The Morgan fingerprint density at radius 3 is 2.87 bits per heavy atom. The van der Waals surface area contributed by atoms with Crippen molar-refractivity contribution < 1.29 is 9.53 Å². The van der Waals surface area contributed by atoms with E-state index in [0.29, 0.717) is 48.9 Å². The molecule has 1 aliphatic rings. The average Bonchev–Trinajstić information content (AvgIpc) is 2.62. The number of nitrogens with zero attached hydrogens (tertiary/aromatic N) is 3. The third-order valence-corrected chi connectivity index (χ3v) is 3.59. The molecule has 1 fully saturated rings. The van der Waals surface area contributed by atoms with Crippen molar-refractivity contribution in [2.75, 3.05) is 36.5 Å². The second kappa shape index (κ2) is 6.90. The molecule has 0 radical (unpaired) electrons. The van der Waals surface area contributed by atoms with Gasteiger partial charge in [-0.1, -0.05) is 6.07 Å². The third kappa shape index (κ3) is 3.47. The highest BCUT2D eigenvalue weighted by molar-refractivity contribution is 6.07. The van der Waals surface area contributed by atoms with Crippen molar-refractivity contribution in [1.82, 2.24) is 4.98 Å². The second-order valence-corrected chi connectivity index (χ2v) is 5.12. The number of pyridine rings is 1. The first-order valence-corrected chi connectivity index (χ1v) is 7.37. The number of carbonyl (C=O) groups excluding carboxylic acids is 1. The Hall–Kier alpha value is -2.91. The highest BCUT2D eigenvalue weighted by Gasteiger charge is 2.19. The molecule has 1 N–H and O–H groups in total. The number of morpholine rings is 1. The molecule has 1 amide bonds. The van der Waals surface area contributed by atoms with Gasteiger partial charge < -0.3 is 15.0 Å². The van der Waals surface area contributed by atoms with Crippen LogP contribution in [0.25, 0.3) is 0 Å². The first-order chi connectivity index (χ1) is 11.3. The zero-order valence-electron chi connectivity index (χ0n) is 12.5. The van der Waals surface area contributed by atoms with E-state index >= 15 is 0 Å². The summed E-state index contributed by atoms with van der Waals surface area (Å²) in [5, 5.41) is 11.8. The Bertz CT molecular complexity index is 748. The van der Waals surface area contributed by atoms with Crippen molar-refractivity contribution in [3.63, 3.8) is 0 Å². The van der Waals surface area contributed by atoms with E-state index in [-0.39, 0.29) is 5.91 Å². The number of rotatable bonds is 3. The lowest BCUT2D eigenvalue weighted by atomic mass is 10.2. The van der Waals surface area contributed by atoms with Gasteiger partial charge in [0.2, 0.25) is 0 Å². The van der Waals surface area contributed by atoms with Gasteiger partial charge in [0.05, 0.1) is 30.4 Å². The quantitative estimate of drug-likeness (QED) is 0.939. The molecule has 116 valence electrons. The zero-order chi connectivity index (χ0) is 16.1. The minimum absolute atomic E-state index is 0.241. The van der Waals surface area contributed by atoms with Crippen LogP contribution in [0.15, 0.2) is 42.6 Å². The van der Waals surface area contributed by atoms with Crippen molar-refractivity contribution in [3.8, 4) is 6.07 Å². The maximum atomic E-state index is 12.6. The largest absolute Gasteiger partial charge is 0.378 e. The van der Waals surface area contributed by atoms with Crippen molar-refractivity contribution >= 4 is 17.4 Å². The molecule has 6 nitrogen and oxygen atoms in total. The van der Waals surface area contributed by atoms with Crippen LogP contribution >= 0.6 is 0 Å². The smallest absolute Gasteiger partial charge is 0.259 e. The van der Waals surface area contributed by atoms with E-state index in [1.54, 1.807) is 42.6 Å². The molecule has 23 heavy (non-hydrogen) atoms. The molecule has 3 rings (SSSR count). The number of anilines is 2. The van der Waals surface area contributed by atoms with Gasteiger partial charge in [-0.05, 0) is 30.3 Å². The summed E-state index contributed by atoms with van der Waals surface area (Å²) in [7, 11) is 0. The minimum atomic E-state index is -0.241. The molecule has 1 aromatic carbocycles. The molecule has 0 spiro atoms. The van der Waals surface area contributed by atoms with Gasteiger partial charge >= 0.3 is 0 Å². The topological polar surface area (TPSA) is 78.2 Å². The summed E-state index contributed by atoms with van der Waals surface area (Å²) in [5.74, 6) is 0.416. The fourth-order valence-corrected chi connectivity index (χ4v) is 2.47. The van der Waals surface area contributed by atoms with Crippen LogP contribution < -0.4 is 10.2 Å². The molecule has 2 heterocycles. The van der Waals surface area contributed by atoms with Gasteiger partial charge in [0.25, 0.3) is 5.91 Å². The van der Waals surface area contributed by atoms with Crippen LogP contribution in [0.2, 0.25) is 0 Å². The molecule has 2 aromatic rings. The van der Waals surface area contributed by atoms with Crippen LogP contribution in [-0.2, 0) is 4.74 Å². The first kappa shape index (κ1) is 15.0. The number of hydrogen-bond donors (Lipinski definition) is 1. The third-order valence-electron chi connectivity index (χ3n) is 3.59. The summed E-state index contributed by atoms with van der Waals surface area (Å²) in [6.07, 6.45) is 1.68. The summed E-state index contributed by atoms with van der Waals surface area (Å²) in [6.45, 7) is 2.67. The van der Waals surface area contributed by atoms with Gasteiger partial charge in [0.15, 0.2) is 0 Å². The summed E-state index contributed by atoms with van der Waals surface area (Å²) >= 11 is 0. The van der Waals surface area contributed by atoms with Crippen molar-refractivity contribution in [2.45, 2.75) is 0 Å². The number of aromatic nitrogens is 1. The average molecular weight is 308 g/mol. The normalized spacial score (nSPS) is 14.1. The highest BCUT2D eigenvalue weighted by Crippen LogP contribution is 2.20. The Morgan fingerprint density at radius 2 is 2.09 bits per heavy atom. The molecule has 0 bridgehead atoms. The van der Waals surface area contributed by atoms with E-state index in [1.165, 1.54) is 0 Å². The number of nitriles is 1. The molecule has 0 saturated carbocycles. The highest BCUT2D eigenvalue weighted by atomic mass is 16.5. The molecule has 1 saturated heterocycles. The molecule has 0 unspecified atom stereocenters. The first-order valence-electron chi connectivity index (χ1n) is 7.37. The molecule has 0 aliphatic carbocycles. The van der Waals surface area contributed by atoms with Gasteiger partial charge in [-0.15, -0.1) is 0 Å². The van der Waals surface area contributed by atoms with E-state index in [1.807, 2.05) is 4.90 Å². The molecule has 1 aromatic heterocycles. The van der Waals surface area contributed by atoms with Gasteiger partial charge in [0, 0.05) is 25.0 Å². The van der Waals surface area contributed by atoms with E-state index in [9.17, 15) is 4.79 Å². The summed E-state index contributed by atoms with van der Waals surface area (Å²) < 4.78 is 5.34.